The lowest BCUT2D eigenvalue weighted by molar-refractivity contribution is 0.442. The minimum absolute atomic E-state index is 0.448. The van der Waals surface area contributed by atoms with Crippen molar-refractivity contribution in [3.63, 3.8) is 0 Å². The average molecular weight is 203 g/mol. The molecule has 3 nitrogen and oxygen atoms in total. The normalized spacial score (nSPS) is 23.1. The Morgan fingerprint density at radius 2 is 2.27 bits per heavy atom. The van der Waals surface area contributed by atoms with Gasteiger partial charge in [0.15, 0.2) is 0 Å². The molecule has 80 valence electrons. The van der Waals surface area contributed by atoms with Crippen LogP contribution in [0.2, 0.25) is 0 Å². The molecule has 15 heavy (non-hydrogen) atoms. The molecule has 0 bridgehead atoms. The molecule has 3 rings (SSSR count). The minimum Gasteiger partial charge on any atom is -0.367 e. The summed E-state index contributed by atoms with van der Waals surface area (Å²) in [5.74, 6) is 0. The Morgan fingerprint density at radius 1 is 1.40 bits per heavy atom. The van der Waals surface area contributed by atoms with E-state index in [1.54, 1.807) is 0 Å². The highest BCUT2D eigenvalue weighted by atomic mass is 15.2. The lowest BCUT2D eigenvalue weighted by atomic mass is 10.1. The maximum Gasteiger partial charge on any atom is 0.0554 e. The van der Waals surface area contributed by atoms with Crippen molar-refractivity contribution >= 4 is 5.69 Å². The number of rotatable bonds is 1. The first kappa shape index (κ1) is 9.16. The van der Waals surface area contributed by atoms with Crippen LogP contribution in [-0.4, -0.2) is 30.2 Å². The third kappa shape index (κ3) is 1.72. The van der Waals surface area contributed by atoms with E-state index in [1.807, 2.05) is 13.1 Å². The van der Waals surface area contributed by atoms with Gasteiger partial charge in [-0.1, -0.05) is 0 Å². The van der Waals surface area contributed by atoms with E-state index in [-0.39, 0.29) is 0 Å². The SMILES string of the molecule is Cc1ccc(N2CCNC3(CC3)C2)cn1. The molecule has 0 unspecified atom stereocenters. The standard InChI is InChI=1S/C12H17N3/c1-10-2-3-11(8-13-10)15-7-6-14-12(9-15)4-5-12/h2-3,8,14H,4-7,9H2,1H3. The summed E-state index contributed by atoms with van der Waals surface area (Å²) in [4.78, 5) is 6.81. The Morgan fingerprint density at radius 3 is 2.93 bits per heavy atom. The largest absolute Gasteiger partial charge is 0.367 e. The van der Waals surface area contributed by atoms with E-state index in [4.69, 9.17) is 0 Å². The Hall–Kier alpha value is -1.09. The van der Waals surface area contributed by atoms with E-state index in [9.17, 15) is 0 Å². The summed E-state index contributed by atoms with van der Waals surface area (Å²) < 4.78 is 0. The Kier molecular flexibility index (Phi) is 1.96. The molecule has 3 heteroatoms. The van der Waals surface area contributed by atoms with E-state index in [0.29, 0.717) is 5.54 Å². The average Bonchev–Trinajstić information content (AvgIpc) is 2.99. The van der Waals surface area contributed by atoms with E-state index >= 15 is 0 Å². The fourth-order valence-corrected chi connectivity index (χ4v) is 2.31. The van der Waals surface area contributed by atoms with E-state index in [2.05, 4.69) is 27.3 Å². The number of aryl methyl sites for hydroxylation is 1. The van der Waals surface area contributed by atoms with Gasteiger partial charge in [-0.15, -0.1) is 0 Å². The van der Waals surface area contributed by atoms with Crippen LogP contribution in [0, 0.1) is 6.92 Å². The van der Waals surface area contributed by atoms with Crippen LogP contribution in [-0.2, 0) is 0 Å². The van der Waals surface area contributed by atoms with Gasteiger partial charge in [0, 0.05) is 30.9 Å². The van der Waals surface area contributed by atoms with Crippen molar-refractivity contribution in [3.05, 3.63) is 24.0 Å². The molecule has 0 amide bonds. The van der Waals surface area contributed by atoms with Gasteiger partial charge in [-0.05, 0) is 31.9 Å². The van der Waals surface area contributed by atoms with Gasteiger partial charge < -0.3 is 10.2 Å². The molecule has 1 aromatic heterocycles. The molecule has 2 fully saturated rings. The summed E-state index contributed by atoms with van der Waals surface area (Å²) in [6, 6.07) is 4.28. The molecule has 1 spiro atoms. The summed E-state index contributed by atoms with van der Waals surface area (Å²) in [6.45, 7) is 5.39. The van der Waals surface area contributed by atoms with Crippen molar-refractivity contribution in [1.82, 2.24) is 10.3 Å². The lowest BCUT2D eigenvalue weighted by Gasteiger charge is -2.35. The second kappa shape index (κ2) is 3.20. The Balaban J connectivity index is 1.78. The fourth-order valence-electron chi connectivity index (χ4n) is 2.31. The molecule has 1 saturated carbocycles. The number of nitrogens with zero attached hydrogens (tertiary/aromatic N) is 2. The molecule has 1 N–H and O–H groups in total. The first-order valence-corrected chi connectivity index (χ1v) is 5.70. The predicted octanol–water partition coefficient (Wildman–Crippen LogP) is 1.33. The zero-order chi connectivity index (χ0) is 10.3. The second-order valence-corrected chi connectivity index (χ2v) is 4.79. The van der Waals surface area contributed by atoms with Gasteiger partial charge in [-0.25, -0.2) is 0 Å². The maximum atomic E-state index is 4.36. The van der Waals surface area contributed by atoms with Crippen LogP contribution in [0.5, 0.6) is 0 Å². The number of anilines is 1. The van der Waals surface area contributed by atoms with Gasteiger partial charge in [0.2, 0.25) is 0 Å². The van der Waals surface area contributed by atoms with Gasteiger partial charge in [-0.3, -0.25) is 4.98 Å². The Labute approximate surface area is 90.5 Å². The third-order valence-electron chi connectivity index (χ3n) is 3.49. The lowest BCUT2D eigenvalue weighted by Crippen LogP contribution is -2.52. The number of pyridine rings is 1. The minimum atomic E-state index is 0.448. The summed E-state index contributed by atoms with van der Waals surface area (Å²) in [6.07, 6.45) is 4.67. The van der Waals surface area contributed by atoms with Crippen LogP contribution in [0.4, 0.5) is 5.69 Å². The highest BCUT2D eigenvalue weighted by Crippen LogP contribution is 2.38. The van der Waals surface area contributed by atoms with Crippen molar-refractivity contribution in [2.24, 2.45) is 0 Å². The number of nitrogens with one attached hydrogen (secondary N) is 1. The van der Waals surface area contributed by atoms with E-state index < -0.39 is 0 Å². The van der Waals surface area contributed by atoms with Gasteiger partial charge in [0.1, 0.15) is 0 Å². The van der Waals surface area contributed by atoms with Crippen molar-refractivity contribution < 1.29 is 0 Å². The van der Waals surface area contributed by atoms with Crippen molar-refractivity contribution in [1.29, 1.82) is 0 Å². The van der Waals surface area contributed by atoms with Crippen LogP contribution < -0.4 is 10.2 Å². The third-order valence-corrected chi connectivity index (χ3v) is 3.49. The summed E-state index contributed by atoms with van der Waals surface area (Å²) >= 11 is 0. The zero-order valence-electron chi connectivity index (χ0n) is 9.16. The van der Waals surface area contributed by atoms with Crippen molar-refractivity contribution in [3.8, 4) is 0 Å². The van der Waals surface area contributed by atoms with Crippen molar-refractivity contribution in [2.45, 2.75) is 25.3 Å². The van der Waals surface area contributed by atoms with Crippen LogP contribution in [0.15, 0.2) is 18.3 Å². The van der Waals surface area contributed by atoms with Gasteiger partial charge in [-0.2, -0.15) is 0 Å². The summed E-state index contributed by atoms with van der Waals surface area (Å²) in [5, 5.41) is 3.62. The summed E-state index contributed by atoms with van der Waals surface area (Å²) in [5.41, 5.74) is 2.81. The molecular weight excluding hydrogens is 186 g/mol. The first-order chi connectivity index (χ1) is 7.27. The molecule has 0 aromatic carbocycles. The van der Waals surface area contributed by atoms with Crippen molar-refractivity contribution in [2.75, 3.05) is 24.5 Å². The monoisotopic (exact) mass is 203 g/mol. The zero-order valence-corrected chi connectivity index (χ0v) is 9.16. The number of hydrogen-bond acceptors (Lipinski definition) is 3. The number of aromatic nitrogens is 1. The van der Waals surface area contributed by atoms with Gasteiger partial charge in [0.25, 0.3) is 0 Å². The van der Waals surface area contributed by atoms with Gasteiger partial charge in [0.05, 0.1) is 11.9 Å². The Bertz CT molecular complexity index is 354. The quantitative estimate of drug-likeness (QED) is 0.746. The highest BCUT2D eigenvalue weighted by Gasteiger charge is 2.45. The molecule has 1 saturated heterocycles. The number of piperazine rings is 1. The maximum absolute atomic E-state index is 4.36. The van der Waals surface area contributed by atoms with Crippen LogP contribution in [0.25, 0.3) is 0 Å². The second-order valence-electron chi connectivity index (χ2n) is 4.79. The van der Waals surface area contributed by atoms with Gasteiger partial charge >= 0.3 is 0 Å². The topological polar surface area (TPSA) is 28.2 Å². The predicted molar refractivity (Wildman–Crippen MR) is 61.2 cm³/mol. The molecule has 0 atom stereocenters. The smallest absolute Gasteiger partial charge is 0.0554 e. The van der Waals surface area contributed by atoms with Crippen LogP contribution in [0.1, 0.15) is 18.5 Å². The van der Waals surface area contributed by atoms with Crippen LogP contribution in [0.3, 0.4) is 0 Å². The van der Waals surface area contributed by atoms with Crippen LogP contribution >= 0.6 is 0 Å². The molecule has 2 aliphatic rings. The van der Waals surface area contributed by atoms with E-state index in [1.165, 1.54) is 18.5 Å². The fraction of sp³-hybridized carbons (Fsp3) is 0.583. The molecular formula is C12H17N3. The number of hydrogen-bond donors (Lipinski definition) is 1. The molecule has 1 aliphatic heterocycles. The highest BCUT2D eigenvalue weighted by molar-refractivity contribution is 5.46. The molecule has 1 aliphatic carbocycles. The molecule has 2 heterocycles. The molecule has 1 aromatic rings. The first-order valence-electron chi connectivity index (χ1n) is 5.70. The molecule has 0 radical (unpaired) electrons. The van der Waals surface area contributed by atoms with E-state index in [0.717, 1.165) is 25.3 Å². The summed E-state index contributed by atoms with van der Waals surface area (Å²) in [7, 11) is 0.